The zero-order valence-electron chi connectivity index (χ0n) is 13.4. The molecule has 1 N–H and O–H groups in total. The van der Waals surface area contributed by atoms with E-state index in [2.05, 4.69) is 17.9 Å². The number of para-hydroxylation sites is 1. The molecule has 2 heterocycles. The van der Waals surface area contributed by atoms with E-state index in [1.54, 1.807) is 0 Å². The average Bonchev–Trinajstić information content (AvgIpc) is 2.98. The second-order valence-electron chi connectivity index (χ2n) is 6.45. The predicted molar refractivity (Wildman–Crippen MR) is 86.2 cm³/mol. The Labute approximate surface area is 133 Å². The van der Waals surface area contributed by atoms with Crippen molar-refractivity contribution in [1.29, 1.82) is 0 Å². The van der Waals surface area contributed by atoms with Gasteiger partial charge < -0.3 is 14.6 Å². The number of benzene rings is 1. The highest BCUT2D eigenvalue weighted by atomic mass is 16.5. The fourth-order valence-corrected chi connectivity index (χ4v) is 3.72. The van der Waals surface area contributed by atoms with E-state index in [0.29, 0.717) is 25.9 Å². The molecule has 3 atom stereocenters. The number of aliphatic hydroxyl groups excluding tert-OH is 1. The molecule has 122 valence electrons. The molecule has 0 saturated carbocycles. The highest BCUT2D eigenvalue weighted by molar-refractivity contribution is 5.31. The van der Waals surface area contributed by atoms with Gasteiger partial charge in [0.25, 0.3) is 0 Å². The van der Waals surface area contributed by atoms with Gasteiger partial charge in [-0.05, 0) is 44.4 Å². The molecule has 0 unspecified atom stereocenters. The van der Waals surface area contributed by atoms with Gasteiger partial charge in [0.1, 0.15) is 12.4 Å². The summed E-state index contributed by atoms with van der Waals surface area (Å²) >= 11 is 0. The van der Waals surface area contributed by atoms with Gasteiger partial charge in [-0.25, -0.2) is 0 Å². The fraction of sp³-hybridized carbons (Fsp3) is 0.667. The Morgan fingerprint density at radius 1 is 1.32 bits per heavy atom. The lowest BCUT2D eigenvalue weighted by Gasteiger charge is -2.37. The second kappa shape index (κ2) is 7.44. The maximum atomic E-state index is 10.2. The van der Waals surface area contributed by atoms with Gasteiger partial charge in [-0.15, -0.1) is 0 Å². The van der Waals surface area contributed by atoms with Gasteiger partial charge in [0, 0.05) is 25.1 Å². The van der Waals surface area contributed by atoms with Crippen LogP contribution in [0.2, 0.25) is 0 Å². The van der Waals surface area contributed by atoms with Crippen molar-refractivity contribution in [2.24, 2.45) is 5.92 Å². The molecule has 3 rings (SSSR count). The van der Waals surface area contributed by atoms with E-state index in [1.165, 1.54) is 12.0 Å². The molecule has 4 nitrogen and oxygen atoms in total. The summed E-state index contributed by atoms with van der Waals surface area (Å²) in [7, 11) is 0. The number of ether oxygens (including phenoxy) is 2. The Bertz CT molecular complexity index is 479. The second-order valence-corrected chi connectivity index (χ2v) is 6.45. The van der Waals surface area contributed by atoms with Gasteiger partial charge in [0.05, 0.1) is 12.7 Å². The lowest BCUT2D eigenvalue weighted by Crippen LogP contribution is -2.47. The minimum Gasteiger partial charge on any atom is -0.492 e. The van der Waals surface area contributed by atoms with Crippen LogP contribution in [0.25, 0.3) is 0 Å². The van der Waals surface area contributed by atoms with E-state index < -0.39 is 0 Å². The quantitative estimate of drug-likeness (QED) is 0.906. The summed E-state index contributed by atoms with van der Waals surface area (Å²) in [6.45, 7) is 6.18. The normalized spacial score (nSPS) is 29.6. The smallest absolute Gasteiger partial charge is 0.122 e. The number of nitrogens with zero attached hydrogens (tertiary/aromatic N) is 1. The first kappa shape index (κ1) is 15.8. The first-order valence-corrected chi connectivity index (χ1v) is 8.44. The van der Waals surface area contributed by atoms with Crippen molar-refractivity contribution in [3.63, 3.8) is 0 Å². The summed E-state index contributed by atoms with van der Waals surface area (Å²) in [5.41, 5.74) is 1.18. The molecule has 0 aliphatic carbocycles. The van der Waals surface area contributed by atoms with Crippen LogP contribution in [0.5, 0.6) is 5.75 Å². The van der Waals surface area contributed by atoms with Crippen LogP contribution in [-0.2, 0) is 4.74 Å². The summed E-state index contributed by atoms with van der Waals surface area (Å²) in [5, 5.41) is 10.2. The molecular formula is C18H27NO3. The first-order chi connectivity index (χ1) is 10.8. The minimum atomic E-state index is -0.211. The van der Waals surface area contributed by atoms with Gasteiger partial charge in [0.2, 0.25) is 0 Å². The molecule has 0 radical (unpaired) electrons. The van der Waals surface area contributed by atoms with Crippen molar-refractivity contribution in [3.8, 4) is 5.75 Å². The first-order valence-electron chi connectivity index (χ1n) is 8.44. The number of hydrogen-bond acceptors (Lipinski definition) is 4. The molecule has 0 spiro atoms. The number of rotatable bonds is 5. The summed E-state index contributed by atoms with van der Waals surface area (Å²) in [6, 6.07) is 8.58. The summed E-state index contributed by atoms with van der Waals surface area (Å²) in [4.78, 5) is 2.47. The lowest BCUT2D eigenvalue weighted by atomic mass is 9.89. The summed E-state index contributed by atoms with van der Waals surface area (Å²) in [5.74, 6) is 1.23. The largest absolute Gasteiger partial charge is 0.492 e. The van der Waals surface area contributed by atoms with Crippen molar-refractivity contribution in [2.75, 3.05) is 32.9 Å². The van der Waals surface area contributed by atoms with Crippen LogP contribution in [-0.4, -0.2) is 55.1 Å². The Morgan fingerprint density at radius 2 is 2.18 bits per heavy atom. The average molecular weight is 305 g/mol. The topological polar surface area (TPSA) is 41.9 Å². The van der Waals surface area contributed by atoms with Gasteiger partial charge in [0.15, 0.2) is 0 Å². The Kier molecular flexibility index (Phi) is 5.34. The van der Waals surface area contributed by atoms with Gasteiger partial charge in [-0.1, -0.05) is 18.2 Å². The summed E-state index contributed by atoms with van der Waals surface area (Å²) in [6.07, 6.45) is 2.93. The van der Waals surface area contributed by atoms with Gasteiger partial charge >= 0.3 is 0 Å². The molecule has 1 aromatic carbocycles. The van der Waals surface area contributed by atoms with Gasteiger partial charge in [-0.3, -0.25) is 4.90 Å². The monoisotopic (exact) mass is 305 g/mol. The Hall–Kier alpha value is -1.10. The van der Waals surface area contributed by atoms with Crippen LogP contribution in [0, 0.1) is 12.8 Å². The molecule has 4 heteroatoms. The van der Waals surface area contributed by atoms with E-state index in [1.807, 2.05) is 18.2 Å². The van der Waals surface area contributed by atoms with Crippen LogP contribution in [0.4, 0.5) is 0 Å². The Balaban J connectivity index is 1.52. The number of aryl methyl sites for hydroxylation is 1. The third-order valence-corrected chi connectivity index (χ3v) is 5.00. The molecule has 2 aliphatic rings. The van der Waals surface area contributed by atoms with Crippen LogP contribution in [0.1, 0.15) is 24.8 Å². The SMILES string of the molecule is Cc1ccccc1OCCN1CCC[C@@H]1[C@H]1COCC[C@@H]1O. The maximum Gasteiger partial charge on any atom is 0.122 e. The van der Waals surface area contributed by atoms with E-state index in [-0.39, 0.29) is 12.0 Å². The zero-order valence-corrected chi connectivity index (χ0v) is 13.4. The van der Waals surface area contributed by atoms with Gasteiger partial charge in [-0.2, -0.15) is 0 Å². The molecule has 2 saturated heterocycles. The molecule has 0 bridgehead atoms. The predicted octanol–water partition coefficient (Wildman–Crippen LogP) is 2.24. The molecule has 22 heavy (non-hydrogen) atoms. The van der Waals surface area contributed by atoms with Crippen LogP contribution in [0.3, 0.4) is 0 Å². The molecule has 2 aliphatic heterocycles. The molecular weight excluding hydrogens is 278 g/mol. The summed E-state index contributed by atoms with van der Waals surface area (Å²) < 4.78 is 11.5. The third kappa shape index (κ3) is 3.62. The van der Waals surface area contributed by atoms with E-state index in [9.17, 15) is 5.11 Å². The van der Waals surface area contributed by atoms with Crippen molar-refractivity contribution in [3.05, 3.63) is 29.8 Å². The standard InChI is InChI=1S/C18H27NO3/c1-14-5-2-3-7-18(14)22-12-10-19-9-4-6-16(19)15-13-21-11-8-17(15)20/h2-3,5,7,15-17,20H,4,6,8-13H2,1H3/t15-,16-,17+/m1/s1. The van der Waals surface area contributed by atoms with Crippen molar-refractivity contribution < 1.29 is 14.6 Å². The number of hydrogen-bond donors (Lipinski definition) is 1. The lowest BCUT2D eigenvalue weighted by molar-refractivity contribution is -0.0634. The molecule has 0 amide bonds. The minimum absolute atomic E-state index is 0.211. The third-order valence-electron chi connectivity index (χ3n) is 5.00. The zero-order chi connectivity index (χ0) is 15.4. The Morgan fingerprint density at radius 3 is 3.00 bits per heavy atom. The van der Waals surface area contributed by atoms with E-state index in [4.69, 9.17) is 9.47 Å². The number of likely N-dealkylation sites (tertiary alicyclic amines) is 1. The molecule has 1 aromatic rings. The van der Waals surface area contributed by atoms with Crippen LogP contribution >= 0.6 is 0 Å². The van der Waals surface area contributed by atoms with E-state index in [0.717, 1.165) is 31.7 Å². The highest BCUT2D eigenvalue weighted by Crippen LogP contribution is 2.29. The van der Waals surface area contributed by atoms with Crippen molar-refractivity contribution >= 4 is 0 Å². The maximum absolute atomic E-state index is 10.2. The van der Waals surface area contributed by atoms with Crippen molar-refractivity contribution in [1.82, 2.24) is 4.90 Å². The fourth-order valence-electron chi connectivity index (χ4n) is 3.72. The molecule has 2 fully saturated rings. The van der Waals surface area contributed by atoms with Crippen LogP contribution in [0.15, 0.2) is 24.3 Å². The van der Waals surface area contributed by atoms with E-state index >= 15 is 0 Å². The van der Waals surface area contributed by atoms with Crippen molar-refractivity contribution in [2.45, 2.75) is 38.3 Å². The molecule has 0 aromatic heterocycles. The number of aliphatic hydroxyl groups is 1. The van der Waals surface area contributed by atoms with Crippen LogP contribution < -0.4 is 4.74 Å². The highest BCUT2D eigenvalue weighted by Gasteiger charge is 2.37.